The Morgan fingerprint density at radius 3 is 2.43 bits per heavy atom. The predicted molar refractivity (Wildman–Crippen MR) is 89.5 cm³/mol. The van der Waals surface area contributed by atoms with E-state index in [1.165, 1.54) is 30.4 Å². The molecule has 0 saturated heterocycles. The van der Waals surface area contributed by atoms with E-state index in [2.05, 4.69) is 36.3 Å². The lowest BCUT2D eigenvalue weighted by atomic mass is 9.89. The van der Waals surface area contributed by atoms with Crippen molar-refractivity contribution in [3.05, 3.63) is 60.2 Å². The van der Waals surface area contributed by atoms with Gasteiger partial charge in [0.1, 0.15) is 0 Å². The van der Waals surface area contributed by atoms with Crippen molar-refractivity contribution in [1.29, 1.82) is 0 Å². The van der Waals surface area contributed by atoms with Crippen molar-refractivity contribution in [2.24, 2.45) is 0 Å². The summed E-state index contributed by atoms with van der Waals surface area (Å²) in [6.07, 6.45) is 9.10. The maximum Gasteiger partial charge on any atom is 0.0802 e. The lowest BCUT2D eigenvalue weighted by Gasteiger charge is -2.22. The van der Waals surface area contributed by atoms with Gasteiger partial charge in [0.2, 0.25) is 0 Å². The van der Waals surface area contributed by atoms with Gasteiger partial charge in [0.15, 0.2) is 0 Å². The van der Waals surface area contributed by atoms with Crippen molar-refractivity contribution in [2.75, 3.05) is 19.6 Å². The fourth-order valence-corrected chi connectivity index (χ4v) is 3.05. The summed E-state index contributed by atoms with van der Waals surface area (Å²) in [6.45, 7) is 10.1. The first-order valence-electron chi connectivity index (χ1n) is 7.98. The first-order chi connectivity index (χ1) is 10.2. The van der Waals surface area contributed by atoms with Crippen LogP contribution in [0.3, 0.4) is 0 Å². The van der Waals surface area contributed by atoms with Crippen molar-refractivity contribution in [3.63, 3.8) is 0 Å². The first-order valence-corrected chi connectivity index (χ1v) is 7.98. The van der Waals surface area contributed by atoms with Gasteiger partial charge in [0.25, 0.3) is 0 Å². The SMILES string of the molecule is C=CCN(CC=C)CCC(O)c1ccc2c(c1)CCCC2. The topological polar surface area (TPSA) is 23.5 Å². The molecule has 1 unspecified atom stereocenters. The van der Waals surface area contributed by atoms with E-state index in [1.807, 2.05) is 12.2 Å². The number of fused-ring (bicyclic) bond motifs is 1. The smallest absolute Gasteiger partial charge is 0.0802 e. The van der Waals surface area contributed by atoms with Crippen molar-refractivity contribution in [3.8, 4) is 0 Å². The van der Waals surface area contributed by atoms with E-state index in [0.29, 0.717) is 0 Å². The molecular weight excluding hydrogens is 258 g/mol. The van der Waals surface area contributed by atoms with Crippen LogP contribution in [0.1, 0.15) is 42.1 Å². The molecule has 0 saturated carbocycles. The lowest BCUT2D eigenvalue weighted by Crippen LogP contribution is -2.26. The summed E-state index contributed by atoms with van der Waals surface area (Å²) in [7, 11) is 0. The van der Waals surface area contributed by atoms with Crippen molar-refractivity contribution >= 4 is 0 Å². The highest BCUT2D eigenvalue weighted by atomic mass is 16.3. The van der Waals surface area contributed by atoms with Gasteiger partial charge < -0.3 is 5.11 Å². The second kappa shape index (κ2) is 8.16. The summed E-state index contributed by atoms with van der Waals surface area (Å²) in [4.78, 5) is 2.24. The van der Waals surface area contributed by atoms with Crippen LogP contribution in [0.25, 0.3) is 0 Å². The molecule has 0 amide bonds. The van der Waals surface area contributed by atoms with Crippen molar-refractivity contribution < 1.29 is 5.11 Å². The third-order valence-electron chi connectivity index (χ3n) is 4.25. The summed E-state index contributed by atoms with van der Waals surface area (Å²) in [5, 5.41) is 10.4. The maximum absolute atomic E-state index is 10.4. The molecular formula is C19H27NO. The van der Waals surface area contributed by atoms with Crippen LogP contribution in [-0.2, 0) is 12.8 Å². The first kappa shape index (κ1) is 16.0. The summed E-state index contributed by atoms with van der Waals surface area (Å²) in [5.41, 5.74) is 3.97. The van der Waals surface area contributed by atoms with E-state index in [1.54, 1.807) is 0 Å². The number of hydrogen-bond acceptors (Lipinski definition) is 2. The maximum atomic E-state index is 10.4. The molecule has 0 aromatic heterocycles. The molecule has 1 aromatic carbocycles. The molecule has 0 bridgehead atoms. The number of benzene rings is 1. The van der Waals surface area contributed by atoms with Gasteiger partial charge in [0, 0.05) is 19.6 Å². The molecule has 1 N–H and O–H groups in total. The largest absolute Gasteiger partial charge is 0.388 e. The van der Waals surface area contributed by atoms with E-state index < -0.39 is 0 Å². The molecule has 0 aliphatic heterocycles. The zero-order valence-electron chi connectivity index (χ0n) is 12.9. The number of aliphatic hydroxyl groups is 1. The molecule has 2 heteroatoms. The van der Waals surface area contributed by atoms with Crippen molar-refractivity contribution in [1.82, 2.24) is 4.90 Å². The molecule has 0 heterocycles. The highest BCUT2D eigenvalue weighted by molar-refractivity contribution is 5.34. The second-order valence-corrected chi connectivity index (χ2v) is 5.88. The summed E-state index contributed by atoms with van der Waals surface area (Å²) < 4.78 is 0. The molecule has 1 aliphatic carbocycles. The van der Waals surface area contributed by atoms with Gasteiger partial charge in [-0.1, -0.05) is 30.4 Å². The molecule has 1 aliphatic rings. The Balaban J connectivity index is 1.94. The number of aryl methyl sites for hydroxylation is 2. The van der Waals surface area contributed by atoms with Gasteiger partial charge in [-0.25, -0.2) is 0 Å². The standard InChI is InChI=1S/C19H27NO/c1-3-12-20(13-4-2)14-11-19(21)18-10-9-16-7-5-6-8-17(16)15-18/h3-4,9-10,15,19,21H,1-2,5-8,11-14H2. The zero-order valence-corrected chi connectivity index (χ0v) is 12.9. The Labute approximate surface area is 128 Å². The van der Waals surface area contributed by atoms with Crippen LogP contribution in [0.15, 0.2) is 43.5 Å². The summed E-state index contributed by atoms with van der Waals surface area (Å²) in [6, 6.07) is 6.52. The molecule has 21 heavy (non-hydrogen) atoms. The van der Waals surface area contributed by atoms with Gasteiger partial charge in [-0.05, 0) is 48.8 Å². The molecule has 114 valence electrons. The molecule has 1 aromatic rings. The Bertz CT molecular complexity index is 470. The van der Waals surface area contributed by atoms with Gasteiger partial charge in [-0.2, -0.15) is 0 Å². The summed E-state index contributed by atoms with van der Waals surface area (Å²) >= 11 is 0. The van der Waals surface area contributed by atoms with Crippen LogP contribution < -0.4 is 0 Å². The lowest BCUT2D eigenvalue weighted by molar-refractivity contribution is 0.148. The Morgan fingerprint density at radius 1 is 1.10 bits per heavy atom. The molecule has 2 rings (SSSR count). The van der Waals surface area contributed by atoms with Crippen LogP contribution in [-0.4, -0.2) is 29.6 Å². The monoisotopic (exact) mass is 285 g/mol. The van der Waals surface area contributed by atoms with Crippen LogP contribution in [0.5, 0.6) is 0 Å². The number of aliphatic hydroxyl groups excluding tert-OH is 1. The third kappa shape index (κ3) is 4.55. The Kier molecular flexibility index (Phi) is 6.21. The van der Waals surface area contributed by atoms with Gasteiger partial charge in [-0.3, -0.25) is 4.90 Å². The number of rotatable bonds is 8. The van der Waals surface area contributed by atoms with Crippen LogP contribution in [0.4, 0.5) is 0 Å². The Hall–Kier alpha value is -1.38. The average molecular weight is 285 g/mol. The van der Waals surface area contributed by atoms with Crippen LogP contribution in [0.2, 0.25) is 0 Å². The Morgan fingerprint density at radius 2 is 1.76 bits per heavy atom. The minimum absolute atomic E-state index is 0.380. The van der Waals surface area contributed by atoms with E-state index in [-0.39, 0.29) is 6.10 Å². The average Bonchev–Trinajstić information content (AvgIpc) is 2.52. The molecule has 0 spiro atoms. The summed E-state index contributed by atoms with van der Waals surface area (Å²) in [5.74, 6) is 0. The highest BCUT2D eigenvalue weighted by Crippen LogP contribution is 2.26. The fourth-order valence-electron chi connectivity index (χ4n) is 3.05. The van der Waals surface area contributed by atoms with E-state index in [4.69, 9.17) is 0 Å². The van der Waals surface area contributed by atoms with E-state index >= 15 is 0 Å². The fraction of sp³-hybridized carbons (Fsp3) is 0.474. The molecule has 2 nitrogen and oxygen atoms in total. The van der Waals surface area contributed by atoms with Gasteiger partial charge >= 0.3 is 0 Å². The van der Waals surface area contributed by atoms with Gasteiger partial charge in [0.05, 0.1) is 6.10 Å². The van der Waals surface area contributed by atoms with Crippen molar-refractivity contribution in [2.45, 2.75) is 38.2 Å². The number of nitrogens with zero attached hydrogens (tertiary/aromatic N) is 1. The molecule has 0 radical (unpaired) electrons. The second-order valence-electron chi connectivity index (χ2n) is 5.88. The van der Waals surface area contributed by atoms with E-state index in [0.717, 1.165) is 38.0 Å². The van der Waals surface area contributed by atoms with Crippen LogP contribution in [0, 0.1) is 0 Å². The highest BCUT2D eigenvalue weighted by Gasteiger charge is 2.14. The number of hydrogen-bond donors (Lipinski definition) is 1. The third-order valence-corrected chi connectivity index (χ3v) is 4.25. The minimum atomic E-state index is -0.380. The normalized spacial score (nSPS) is 15.5. The van der Waals surface area contributed by atoms with E-state index in [9.17, 15) is 5.11 Å². The quantitative estimate of drug-likeness (QED) is 0.737. The van der Waals surface area contributed by atoms with Gasteiger partial charge in [-0.15, -0.1) is 13.2 Å². The predicted octanol–water partition coefficient (Wildman–Crippen LogP) is 3.66. The minimum Gasteiger partial charge on any atom is -0.388 e. The molecule has 1 atom stereocenters. The zero-order chi connectivity index (χ0) is 15.1. The molecule has 0 fully saturated rings. The van der Waals surface area contributed by atoms with Crippen LogP contribution >= 0.6 is 0 Å².